The lowest BCUT2D eigenvalue weighted by molar-refractivity contribution is 0.304. The molecule has 20 heavy (non-hydrogen) atoms. The van der Waals surface area contributed by atoms with Crippen LogP contribution < -0.4 is 15.0 Å². The minimum Gasteiger partial charge on any atom is -0.478 e. The van der Waals surface area contributed by atoms with Crippen LogP contribution in [-0.2, 0) is 0 Å². The second-order valence-corrected chi connectivity index (χ2v) is 6.09. The van der Waals surface area contributed by atoms with Crippen molar-refractivity contribution in [2.75, 3.05) is 31.6 Å². The van der Waals surface area contributed by atoms with E-state index in [9.17, 15) is 0 Å². The number of nitrogens with zero attached hydrogens (tertiary/aromatic N) is 3. The number of hydrogen-bond donors (Lipinski definition) is 1. The molecule has 0 fully saturated rings. The van der Waals surface area contributed by atoms with Gasteiger partial charge in [0.05, 0.1) is 6.61 Å². The van der Waals surface area contributed by atoms with Gasteiger partial charge in [-0.25, -0.2) is 4.98 Å². The molecule has 1 N–H and O–H groups in total. The molecule has 0 bridgehead atoms. The number of ether oxygens (including phenoxy) is 1. The lowest BCUT2D eigenvalue weighted by atomic mass is 10.1. The molecule has 0 aliphatic carbocycles. The van der Waals surface area contributed by atoms with Crippen molar-refractivity contribution >= 4 is 5.95 Å². The summed E-state index contributed by atoms with van der Waals surface area (Å²) >= 11 is 0. The molecule has 0 aliphatic rings. The second-order valence-electron chi connectivity index (χ2n) is 6.09. The molecule has 0 saturated carbocycles. The van der Waals surface area contributed by atoms with E-state index in [0.29, 0.717) is 18.4 Å². The quantitative estimate of drug-likeness (QED) is 0.831. The number of aromatic nitrogens is 2. The van der Waals surface area contributed by atoms with Gasteiger partial charge in [0, 0.05) is 37.4 Å². The summed E-state index contributed by atoms with van der Waals surface area (Å²) in [5.41, 5.74) is 1.06. The van der Waals surface area contributed by atoms with E-state index in [0.717, 1.165) is 25.2 Å². The molecule has 1 aromatic heterocycles. The second kappa shape index (κ2) is 7.43. The lowest BCUT2D eigenvalue weighted by Crippen LogP contribution is -2.40. The summed E-state index contributed by atoms with van der Waals surface area (Å²) in [5, 5.41) is 3.46. The Labute approximate surface area is 122 Å². The van der Waals surface area contributed by atoms with E-state index < -0.39 is 0 Å². The highest BCUT2D eigenvalue weighted by Gasteiger charge is 2.11. The summed E-state index contributed by atoms with van der Waals surface area (Å²) in [6, 6.07) is 1.88. The molecule has 0 aliphatic heterocycles. The molecule has 0 radical (unpaired) electrons. The Morgan fingerprint density at radius 2 is 2.00 bits per heavy atom. The van der Waals surface area contributed by atoms with Crippen LogP contribution in [0.5, 0.6) is 5.88 Å². The predicted molar refractivity (Wildman–Crippen MR) is 83.6 cm³/mol. The number of anilines is 1. The molecule has 0 saturated heterocycles. The van der Waals surface area contributed by atoms with Crippen molar-refractivity contribution in [3.05, 3.63) is 11.8 Å². The van der Waals surface area contributed by atoms with Gasteiger partial charge in [-0.15, -0.1) is 0 Å². The molecular formula is C15H28N4O. The van der Waals surface area contributed by atoms with Crippen LogP contribution in [0, 0.1) is 6.92 Å². The standard InChI is InChI=1S/C15H28N4O/c1-7-10-20-13-11-12(2)17-14(18-13)19(6)9-8-16-15(3,4)5/h11,16H,7-10H2,1-6H3. The Bertz CT molecular complexity index is 415. The van der Waals surface area contributed by atoms with Crippen LogP contribution in [0.25, 0.3) is 0 Å². The minimum atomic E-state index is 0.129. The van der Waals surface area contributed by atoms with Crippen LogP contribution in [0.1, 0.15) is 39.8 Å². The highest BCUT2D eigenvalue weighted by atomic mass is 16.5. The van der Waals surface area contributed by atoms with Gasteiger partial charge >= 0.3 is 0 Å². The maximum absolute atomic E-state index is 5.59. The molecular weight excluding hydrogens is 252 g/mol. The highest BCUT2D eigenvalue weighted by molar-refractivity contribution is 5.33. The van der Waals surface area contributed by atoms with Crippen LogP contribution in [0.15, 0.2) is 6.07 Å². The maximum Gasteiger partial charge on any atom is 0.228 e. The van der Waals surface area contributed by atoms with E-state index in [1.807, 2.05) is 24.9 Å². The van der Waals surface area contributed by atoms with Crippen molar-refractivity contribution in [3.8, 4) is 5.88 Å². The average molecular weight is 280 g/mol. The molecule has 0 atom stereocenters. The molecule has 1 aromatic rings. The van der Waals surface area contributed by atoms with Crippen LogP contribution >= 0.6 is 0 Å². The monoisotopic (exact) mass is 280 g/mol. The van der Waals surface area contributed by atoms with E-state index in [2.05, 4.69) is 43.0 Å². The summed E-state index contributed by atoms with van der Waals surface area (Å²) in [4.78, 5) is 11.0. The average Bonchev–Trinajstić information content (AvgIpc) is 2.34. The third-order valence-electron chi connectivity index (χ3n) is 2.72. The SMILES string of the molecule is CCCOc1cc(C)nc(N(C)CCNC(C)(C)C)n1. The zero-order chi connectivity index (χ0) is 15.2. The highest BCUT2D eigenvalue weighted by Crippen LogP contribution is 2.14. The molecule has 5 heteroatoms. The third-order valence-corrected chi connectivity index (χ3v) is 2.72. The summed E-state index contributed by atoms with van der Waals surface area (Å²) in [7, 11) is 2.00. The first-order valence-electron chi connectivity index (χ1n) is 7.26. The number of hydrogen-bond acceptors (Lipinski definition) is 5. The van der Waals surface area contributed by atoms with Crippen molar-refractivity contribution in [1.82, 2.24) is 15.3 Å². The van der Waals surface area contributed by atoms with Gasteiger partial charge in [-0.2, -0.15) is 4.98 Å². The van der Waals surface area contributed by atoms with Crippen LogP contribution in [0.4, 0.5) is 5.95 Å². The lowest BCUT2D eigenvalue weighted by Gasteiger charge is -2.24. The van der Waals surface area contributed by atoms with Gasteiger partial charge < -0.3 is 15.0 Å². The van der Waals surface area contributed by atoms with Crippen molar-refractivity contribution in [3.63, 3.8) is 0 Å². The third kappa shape index (κ3) is 6.19. The predicted octanol–water partition coefficient (Wildman–Crippen LogP) is 2.40. The van der Waals surface area contributed by atoms with Gasteiger partial charge in [0.15, 0.2) is 0 Å². The summed E-state index contributed by atoms with van der Waals surface area (Å²) in [5.74, 6) is 1.37. The fourth-order valence-electron chi connectivity index (χ4n) is 1.67. The van der Waals surface area contributed by atoms with Gasteiger partial charge in [0.2, 0.25) is 11.8 Å². The van der Waals surface area contributed by atoms with E-state index in [1.165, 1.54) is 0 Å². The van der Waals surface area contributed by atoms with Crippen LogP contribution in [0.2, 0.25) is 0 Å². The van der Waals surface area contributed by atoms with Crippen molar-refractivity contribution < 1.29 is 4.74 Å². The maximum atomic E-state index is 5.59. The number of likely N-dealkylation sites (N-methyl/N-ethyl adjacent to an activating group) is 1. The van der Waals surface area contributed by atoms with Crippen LogP contribution in [0.3, 0.4) is 0 Å². The van der Waals surface area contributed by atoms with Gasteiger partial charge in [-0.3, -0.25) is 0 Å². The van der Waals surface area contributed by atoms with Crippen molar-refractivity contribution in [1.29, 1.82) is 0 Å². The number of rotatable bonds is 7. The van der Waals surface area contributed by atoms with Gasteiger partial charge in [0.25, 0.3) is 0 Å². The Kier molecular flexibility index (Phi) is 6.20. The Morgan fingerprint density at radius 3 is 2.60 bits per heavy atom. The molecule has 0 aromatic carbocycles. The zero-order valence-corrected chi connectivity index (χ0v) is 13.7. The van der Waals surface area contributed by atoms with Gasteiger partial charge in [-0.05, 0) is 34.1 Å². The van der Waals surface area contributed by atoms with Gasteiger partial charge in [0.1, 0.15) is 0 Å². The van der Waals surface area contributed by atoms with Crippen molar-refractivity contribution in [2.45, 2.75) is 46.6 Å². The molecule has 0 unspecified atom stereocenters. The topological polar surface area (TPSA) is 50.3 Å². The molecule has 1 heterocycles. The molecule has 114 valence electrons. The van der Waals surface area contributed by atoms with Gasteiger partial charge in [-0.1, -0.05) is 6.92 Å². The normalized spacial score (nSPS) is 11.5. The summed E-state index contributed by atoms with van der Waals surface area (Å²) in [6.45, 7) is 13.0. The van der Waals surface area contributed by atoms with E-state index in [4.69, 9.17) is 4.74 Å². The Hall–Kier alpha value is -1.36. The fraction of sp³-hybridized carbons (Fsp3) is 0.733. The van der Waals surface area contributed by atoms with Crippen LogP contribution in [-0.4, -0.2) is 42.3 Å². The first-order chi connectivity index (χ1) is 9.31. The molecule has 1 rings (SSSR count). The Morgan fingerprint density at radius 1 is 1.30 bits per heavy atom. The molecule has 0 amide bonds. The Balaban J connectivity index is 2.62. The zero-order valence-electron chi connectivity index (χ0n) is 13.7. The first kappa shape index (κ1) is 16.7. The molecule has 5 nitrogen and oxygen atoms in total. The summed E-state index contributed by atoms with van der Waals surface area (Å²) in [6.07, 6.45) is 0.976. The molecule has 0 spiro atoms. The minimum absolute atomic E-state index is 0.129. The number of nitrogens with one attached hydrogen (secondary N) is 1. The van der Waals surface area contributed by atoms with E-state index >= 15 is 0 Å². The largest absolute Gasteiger partial charge is 0.478 e. The van der Waals surface area contributed by atoms with Crippen molar-refractivity contribution in [2.24, 2.45) is 0 Å². The summed E-state index contributed by atoms with van der Waals surface area (Å²) < 4.78 is 5.59. The smallest absolute Gasteiger partial charge is 0.228 e. The first-order valence-corrected chi connectivity index (χ1v) is 7.26. The fourth-order valence-corrected chi connectivity index (χ4v) is 1.67. The van der Waals surface area contributed by atoms with E-state index in [1.54, 1.807) is 0 Å². The van der Waals surface area contributed by atoms with E-state index in [-0.39, 0.29) is 5.54 Å². The number of aryl methyl sites for hydroxylation is 1.